The minimum atomic E-state index is 0.363. The number of rotatable bonds is 5. The van der Waals surface area contributed by atoms with Crippen molar-refractivity contribution >= 4 is 23.8 Å². The Hall–Kier alpha value is -2.32. The van der Waals surface area contributed by atoms with E-state index in [-0.39, 0.29) is 0 Å². The van der Waals surface area contributed by atoms with E-state index in [1.165, 1.54) is 17.3 Å². The van der Waals surface area contributed by atoms with Crippen molar-refractivity contribution < 1.29 is 4.74 Å². The molecular formula is C15H15ClN4O. The van der Waals surface area contributed by atoms with Crippen LogP contribution in [0.5, 0.6) is 0 Å². The average molecular weight is 303 g/mol. The van der Waals surface area contributed by atoms with Gasteiger partial charge in [0.15, 0.2) is 12.2 Å². The van der Waals surface area contributed by atoms with Crippen LogP contribution in [0.3, 0.4) is 0 Å². The maximum absolute atomic E-state index is 9.14. The largest absolute Gasteiger partial charge is 0.483 e. The summed E-state index contributed by atoms with van der Waals surface area (Å²) in [7, 11) is 0. The molecule has 0 fully saturated rings. The highest BCUT2D eigenvalue weighted by Crippen LogP contribution is 2.28. The van der Waals surface area contributed by atoms with Crippen LogP contribution in [-0.4, -0.2) is 22.8 Å². The number of nitrogens with zero attached hydrogens (tertiary/aromatic N) is 4. The van der Waals surface area contributed by atoms with Crippen LogP contribution in [0.4, 0.5) is 5.82 Å². The molecule has 0 saturated heterocycles. The Bertz CT molecular complexity index is 700. The number of aromatic nitrogens is 2. The Morgan fingerprint density at radius 3 is 2.90 bits per heavy atom. The first-order valence-electron chi connectivity index (χ1n) is 6.62. The molecule has 0 amide bonds. The number of halogens is 1. The molecule has 1 aromatic heterocycles. The van der Waals surface area contributed by atoms with Gasteiger partial charge in [-0.25, -0.2) is 4.68 Å². The van der Waals surface area contributed by atoms with E-state index >= 15 is 0 Å². The van der Waals surface area contributed by atoms with Crippen molar-refractivity contribution in [2.75, 3.05) is 6.61 Å². The van der Waals surface area contributed by atoms with Crippen LogP contribution in [-0.2, 0) is 11.2 Å². The van der Waals surface area contributed by atoms with Crippen molar-refractivity contribution in [1.82, 2.24) is 9.78 Å². The number of hydrogen-bond donors (Lipinski definition) is 0. The Balaban J connectivity index is 2.49. The first kappa shape index (κ1) is 15.1. The summed E-state index contributed by atoms with van der Waals surface area (Å²) < 4.78 is 6.63. The lowest BCUT2D eigenvalue weighted by atomic mass is 10.1. The fraction of sp³-hybridized carbons (Fsp3) is 0.267. The summed E-state index contributed by atoms with van der Waals surface area (Å²) in [5.41, 5.74) is 2.18. The summed E-state index contributed by atoms with van der Waals surface area (Å²) in [6, 6.07) is 7.80. The molecule has 1 aromatic carbocycles. The quantitative estimate of drug-likeness (QED) is 0.625. The zero-order chi connectivity index (χ0) is 15.2. The molecule has 6 heteroatoms. The van der Waals surface area contributed by atoms with Gasteiger partial charge in [0.1, 0.15) is 11.6 Å². The minimum Gasteiger partial charge on any atom is -0.483 e. The molecular weight excluding hydrogens is 288 g/mol. The normalized spacial score (nSPS) is 10.8. The molecule has 21 heavy (non-hydrogen) atoms. The second-order valence-corrected chi connectivity index (χ2v) is 4.64. The second-order valence-electron chi connectivity index (χ2n) is 4.23. The third kappa shape index (κ3) is 3.23. The van der Waals surface area contributed by atoms with Crippen LogP contribution in [0.2, 0.25) is 5.02 Å². The second kappa shape index (κ2) is 6.91. The SMILES string of the molecule is CCO/C=N/c1c(C#N)cnn1-c1ccc(CC)cc1Cl. The third-order valence-corrected chi connectivity index (χ3v) is 3.23. The predicted octanol–water partition coefficient (Wildman–Crippen LogP) is 3.66. The molecule has 0 radical (unpaired) electrons. The maximum Gasteiger partial charge on any atom is 0.176 e. The molecule has 0 atom stereocenters. The molecule has 0 unspecified atom stereocenters. The fourth-order valence-electron chi connectivity index (χ4n) is 1.83. The molecule has 0 N–H and O–H groups in total. The lowest BCUT2D eigenvalue weighted by molar-refractivity contribution is 0.343. The van der Waals surface area contributed by atoms with E-state index < -0.39 is 0 Å². The van der Waals surface area contributed by atoms with Crippen LogP contribution in [0, 0.1) is 11.3 Å². The van der Waals surface area contributed by atoms with Crippen molar-refractivity contribution in [3.05, 3.63) is 40.5 Å². The summed E-state index contributed by atoms with van der Waals surface area (Å²) in [5, 5.41) is 13.9. The molecule has 5 nitrogen and oxygen atoms in total. The number of aryl methyl sites for hydroxylation is 1. The highest BCUT2D eigenvalue weighted by molar-refractivity contribution is 6.32. The van der Waals surface area contributed by atoms with Crippen LogP contribution < -0.4 is 0 Å². The van der Waals surface area contributed by atoms with Gasteiger partial charge in [-0.3, -0.25) is 0 Å². The standard InChI is InChI=1S/C15H15ClN4O/c1-3-11-5-6-14(13(16)7-11)20-15(18-10-21-4-2)12(8-17)9-19-20/h5-7,9-10H,3-4H2,1-2H3/b18-10+. The number of aliphatic imine (C=N–C) groups is 1. The lowest BCUT2D eigenvalue weighted by Crippen LogP contribution is -1.98. The molecule has 108 valence electrons. The van der Waals surface area contributed by atoms with Crippen LogP contribution in [0.15, 0.2) is 29.4 Å². The highest BCUT2D eigenvalue weighted by Gasteiger charge is 2.13. The smallest absolute Gasteiger partial charge is 0.176 e. The van der Waals surface area contributed by atoms with Gasteiger partial charge in [-0.2, -0.15) is 15.4 Å². The molecule has 0 bridgehead atoms. The lowest BCUT2D eigenvalue weighted by Gasteiger charge is -2.08. The Labute approximate surface area is 128 Å². The summed E-state index contributed by atoms with van der Waals surface area (Å²) in [6.45, 7) is 4.42. The molecule has 0 spiro atoms. The molecule has 2 aromatic rings. The van der Waals surface area contributed by atoms with Gasteiger partial charge in [0.25, 0.3) is 0 Å². The topological polar surface area (TPSA) is 63.2 Å². The monoisotopic (exact) mass is 302 g/mol. The summed E-state index contributed by atoms with van der Waals surface area (Å²) >= 11 is 6.30. The van der Waals surface area contributed by atoms with Crippen molar-refractivity contribution in [3.8, 4) is 11.8 Å². The van der Waals surface area contributed by atoms with Crippen molar-refractivity contribution in [2.45, 2.75) is 20.3 Å². The third-order valence-electron chi connectivity index (χ3n) is 2.93. The average Bonchev–Trinajstić information content (AvgIpc) is 2.90. The van der Waals surface area contributed by atoms with Gasteiger partial charge < -0.3 is 4.74 Å². The number of benzene rings is 1. The maximum atomic E-state index is 9.14. The van der Waals surface area contributed by atoms with Crippen LogP contribution in [0.1, 0.15) is 25.0 Å². The molecule has 2 rings (SSSR count). The molecule has 1 heterocycles. The number of nitriles is 1. The van der Waals surface area contributed by atoms with E-state index in [4.69, 9.17) is 21.6 Å². The predicted molar refractivity (Wildman–Crippen MR) is 82.4 cm³/mol. The van der Waals surface area contributed by atoms with E-state index in [0.717, 1.165) is 12.0 Å². The van der Waals surface area contributed by atoms with Gasteiger partial charge in [-0.05, 0) is 31.0 Å². The van der Waals surface area contributed by atoms with E-state index in [1.54, 1.807) is 0 Å². The summed E-state index contributed by atoms with van der Waals surface area (Å²) in [4.78, 5) is 4.16. The number of hydrogen-bond acceptors (Lipinski definition) is 4. The zero-order valence-electron chi connectivity index (χ0n) is 11.9. The van der Waals surface area contributed by atoms with Gasteiger partial charge in [-0.15, -0.1) is 0 Å². The Morgan fingerprint density at radius 1 is 1.48 bits per heavy atom. The van der Waals surface area contributed by atoms with Gasteiger partial charge >= 0.3 is 0 Å². The summed E-state index contributed by atoms with van der Waals surface area (Å²) in [5.74, 6) is 0.400. The van der Waals surface area contributed by atoms with Gasteiger partial charge in [0.2, 0.25) is 0 Å². The van der Waals surface area contributed by atoms with Crippen molar-refractivity contribution in [2.24, 2.45) is 4.99 Å². The molecule has 0 aliphatic heterocycles. The molecule has 0 aliphatic rings. The van der Waals surface area contributed by atoms with Crippen LogP contribution in [0.25, 0.3) is 5.69 Å². The van der Waals surface area contributed by atoms with E-state index in [0.29, 0.717) is 28.7 Å². The van der Waals surface area contributed by atoms with Gasteiger partial charge in [-0.1, -0.05) is 24.6 Å². The van der Waals surface area contributed by atoms with E-state index in [9.17, 15) is 0 Å². The number of ether oxygens (including phenoxy) is 1. The fourth-order valence-corrected chi connectivity index (χ4v) is 2.11. The first-order chi connectivity index (χ1) is 10.2. The molecule has 0 saturated carbocycles. The van der Waals surface area contributed by atoms with Crippen molar-refractivity contribution in [3.63, 3.8) is 0 Å². The van der Waals surface area contributed by atoms with Crippen LogP contribution >= 0.6 is 11.6 Å². The van der Waals surface area contributed by atoms with E-state index in [1.807, 2.05) is 25.1 Å². The van der Waals surface area contributed by atoms with Gasteiger partial charge in [0.05, 0.1) is 23.5 Å². The van der Waals surface area contributed by atoms with Crippen molar-refractivity contribution in [1.29, 1.82) is 5.26 Å². The minimum absolute atomic E-state index is 0.363. The zero-order valence-corrected chi connectivity index (χ0v) is 12.6. The molecule has 0 aliphatic carbocycles. The Morgan fingerprint density at radius 2 is 2.29 bits per heavy atom. The first-order valence-corrected chi connectivity index (χ1v) is 7.00. The Kier molecular flexibility index (Phi) is 4.96. The highest BCUT2D eigenvalue weighted by atomic mass is 35.5. The van der Waals surface area contributed by atoms with Gasteiger partial charge in [0, 0.05) is 0 Å². The van der Waals surface area contributed by atoms with E-state index in [2.05, 4.69) is 23.1 Å². The summed E-state index contributed by atoms with van der Waals surface area (Å²) in [6.07, 6.45) is 3.67.